The number of halogens is 1. The molecule has 5 nitrogen and oxygen atoms in total. The molecular weight excluding hydrogens is 366 g/mol. The number of hydrogen-bond acceptors (Lipinski definition) is 5. The van der Waals surface area contributed by atoms with Crippen molar-refractivity contribution in [3.8, 4) is 10.8 Å². The van der Waals surface area contributed by atoms with Crippen LogP contribution in [0.5, 0.6) is 0 Å². The van der Waals surface area contributed by atoms with Crippen LogP contribution < -0.4 is 5.32 Å². The van der Waals surface area contributed by atoms with Crippen LogP contribution in [0, 0.1) is 0 Å². The fraction of sp³-hybridized carbons (Fsp3) is 0.133. The maximum atomic E-state index is 11.9. The van der Waals surface area contributed by atoms with E-state index in [-0.39, 0.29) is 11.9 Å². The average molecular weight is 378 g/mol. The van der Waals surface area contributed by atoms with Crippen molar-refractivity contribution in [1.29, 1.82) is 0 Å². The number of thiophene rings is 1. The molecule has 0 radical (unpaired) electrons. The number of carbonyl (C=O) groups is 1. The molecule has 0 saturated heterocycles. The number of benzene rings is 1. The van der Waals surface area contributed by atoms with Gasteiger partial charge in [-0.05, 0) is 40.0 Å². The summed E-state index contributed by atoms with van der Waals surface area (Å²) in [7, 11) is 0. The summed E-state index contributed by atoms with van der Waals surface area (Å²) < 4.78 is 6.42. The number of rotatable bonds is 5. The van der Waals surface area contributed by atoms with Gasteiger partial charge in [-0.1, -0.05) is 35.4 Å². The molecule has 2 heterocycles. The van der Waals surface area contributed by atoms with Gasteiger partial charge in [-0.3, -0.25) is 10.1 Å². The lowest BCUT2D eigenvalue weighted by molar-refractivity contribution is -0.116. The minimum Gasteiger partial charge on any atom is -0.402 e. The number of nitrogens with zero attached hydrogens (tertiary/aromatic N) is 2. The van der Waals surface area contributed by atoms with Gasteiger partial charge in [-0.15, -0.1) is 16.4 Å². The Morgan fingerprint density at radius 1 is 1.18 bits per heavy atom. The maximum Gasteiger partial charge on any atom is 0.322 e. The van der Waals surface area contributed by atoms with Crippen LogP contribution in [0.15, 0.2) is 50.7 Å². The second kappa shape index (κ2) is 6.85. The molecule has 112 valence electrons. The van der Waals surface area contributed by atoms with E-state index in [1.165, 1.54) is 11.3 Å². The minimum absolute atomic E-state index is 0.123. The molecule has 0 unspecified atom stereocenters. The number of hydrogen-bond donors (Lipinski definition) is 1. The lowest BCUT2D eigenvalue weighted by Gasteiger charge is -2.00. The van der Waals surface area contributed by atoms with Gasteiger partial charge in [0.15, 0.2) is 0 Å². The van der Waals surface area contributed by atoms with Crippen molar-refractivity contribution in [1.82, 2.24) is 10.2 Å². The highest BCUT2D eigenvalue weighted by Crippen LogP contribution is 2.30. The van der Waals surface area contributed by atoms with Gasteiger partial charge in [-0.25, -0.2) is 0 Å². The van der Waals surface area contributed by atoms with Crippen molar-refractivity contribution in [2.24, 2.45) is 0 Å². The molecule has 2 aromatic heterocycles. The normalized spacial score (nSPS) is 10.6. The van der Waals surface area contributed by atoms with Crippen LogP contribution in [0.1, 0.15) is 12.0 Å². The summed E-state index contributed by atoms with van der Waals surface area (Å²) in [6.45, 7) is 0. The van der Waals surface area contributed by atoms with E-state index in [1.807, 2.05) is 42.5 Å². The molecule has 0 aliphatic rings. The second-order valence-corrected chi connectivity index (χ2v) is 7.01. The Labute approximate surface area is 139 Å². The Kier molecular flexibility index (Phi) is 4.65. The van der Waals surface area contributed by atoms with Crippen molar-refractivity contribution in [2.75, 3.05) is 5.32 Å². The predicted molar refractivity (Wildman–Crippen MR) is 88.7 cm³/mol. The average Bonchev–Trinajstić information content (AvgIpc) is 3.15. The highest BCUT2D eigenvalue weighted by atomic mass is 79.9. The van der Waals surface area contributed by atoms with E-state index in [1.54, 1.807) is 0 Å². The van der Waals surface area contributed by atoms with Crippen LogP contribution in [0.2, 0.25) is 0 Å². The Morgan fingerprint density at radius 2 is 2.00 bits per heavy atom. The largest absolute Gasteiger partial charge is 0.402 e. The van der Waals surface area contributed by atoms with Crippen LogP contribution >= 0.6 is 27.3 Å². The number of nitrogens with one attached hydrogen (secondary N) is 1. The first-order valence-corrected chi connectivity index (χ1v) is 8.24. The molecule has 3 rings (SSSR count). The number of aromatic nitrogens is 2. The van der Waals surface area contributed by atoms with Gasteiger partial charge < -0.3 is 4.42 Å². The summed E-state index contributed by atoms with van der Waals surface area (Å²) >= 11 is 4.87. The monoisotopic (exact) mass is 377 g/mol. The zero-order valence-corrected chi connectivity index (χ0v) is 13.9. The smallest absolute Gasteiger partial charge is 0.322 e. The molecule has 0 atom stereocenters. The quantitative estimate of drug-likeness (QED) is 0.725. The van der Waals surface area contributed by atoms with Crippen molar-refractivity contribution in [3.05, 3.63) is 51.8 Å². The van der Waals surface area contributed by atoms with Gasteiger partial charge in [0.1, 0.15) is 0 Å². The van der Waals surface area contributed by atoms with E-state index in [9.17, 15) is 4.79 Å². The summed E-state index contributed by atoms with van der Waals surface area (Å²) in [6.07, 6.45) is 1.04. The van der Waals surface area contributed by atoms with Crippen LogP contribution in [0.3, 0.4) is 0 Å². The van der Waals surface area contributed by atoms with Crippen molar-refractivity contribution in [2.45, 2.75) is 12.8 Å². The van der Waals surface area contributed by atoms with E-state index in [0.29, 0.717) is 18.7 Å². The third-order valence-electron chi connectivity index (χ3n) is 2.94. The molecule has 1 aromatic carbocycles. The molecule has 0 aliphatic heterocycles. The molecule has 0 spiro atoms. The number of amides is 1. The molecule has 0 bridgehead atoms. The van der Waals surface area contributed by atoms with E-state index >= 15 is 0 Å². The molecule has 0 aliphatic carbocycles. The molecule has 22 heavy (non-hydrogen) atoms. The lowest BCUT2D eigenvalue weighted by atomic mass is 10.1. The summed E-state index contributed by atoms with van der Waals surface area (Å²) in [5.41, 5.74) is 1.12. The van der Waals surface area contributed by atoms with Crippen molar-refractivity contribution < 1.29 is 9.21 Å². The minimum atomic E-state index is -0.147. The van der Waals surface area contributed by atoms with Crippen LogP contribution in [0.25, 0.3) is 10.8 Å². The van der Waals surface area contributed by atoms with Gasteiger partial charge in [0.25, 0.3) is 5.89 Å². The van der Waals surface area contributed by atoms with E-state index in [4.69, 9.17) is 4.42 Å². The highest BCUT2D eigenvalue weighted by molar-refractivity contribution is 9.11. The Hall–Kier alpha value is -1.99. The van der Waals surface area contributed by atoms with Gasteiger partial charge in [0.2, 0.25) is 5.91 Å². The first kappa shape index (κ1) is 14.9. The molecule has 1 amide bonds. The van der Waals surface area contributed by atoms with E-state index < -0.39 is 0 Å². The van der Waals surface area contributed by atoms with Crippen LogP contribution in [-0.2, 0) is 11.2 Å². The lowest BCUT2D eigenvalue weighted by Crippen LogP contribution is -2.12. The summed E-state index contributed by atoms with van der Waals surface area (Å²) in [6, 6.07) is 13.8. The molecule has 1 N–H and O–H groups in total. The Morgan fingerprint density at radius 3 is 2.73 bits per heavy atom. The molecule has 7 heteroatoms. The number of carbonyl (C=O) groups excluding carboxylic acids is 1. The fourth-order valence-corrected chi connectivity index (χ4v) is 3.19. The van der Waals surface area contributed by atoms with E-state index in [0.717, 1.165) is 14.2 Å². The van der Waals surface area contributed by atoms with Gasteiger partial charge >= 0.3 is 6.01 Å². The molecular formula is C15H12BrN3O2S. The van der Waals surface area contributed by atoms with Crippen LogP contribution in [0.4, 0.5) is 6.01 Å². The molecule has 3 aromatic rings. The number of aryl methyl sites for hydroxylation is 1. The molecule has 0 saturated carbocycles. The standard InChI is InChI=1S/C15H12BrN3O2S/c16-12-8-7-11(22-12)14-18-19-15(21-14)17-13(20)9-6-10-4-2-1-3-5-10/h1-5,7-8H,6,9H2,(H,17,19,20). The third kappa shape index (κ3) is 3.80. The highest BCUT2D eigenvalue weighted by Gasteiger charge is 2.12. The Bertz CT molecular complexity index is 770. The maximum absolute atomic E-state index is 11.9. The third-order valence-corrected chi connectivity index (χ3v) is 4.55. The van der Waals surface area contributed by atoms with Gasteiger partial charge in [0, 0.05) is 6.42 Å². The van der Waals surface area contributed by atoms with Crippen molar-refractivity contribution >= 4 is 39.2 Å². The topological polar surface area (TPSA) is 68.0 Å². The van der Waals surface area contributed by atoms with E-state index in [2.05, 4.69) is 31.4 Å². The van der Waals surface area contributed by atoms with Gasteiger partial charge in [-0.2, -0.15) is 0 Å². The summed E-state index contributed by atoms with van der Waals surface area (Å²) in [4.78, 5) is 12.7. The molecule has 0 fully saturated rings. The SMILES string of the molecule is O=C(CCc1ccccc1)Nc1nnc(-c2ccc(Br)s2)o1. The first-order chi connectivity index (χ1) is 10.7. The first-order valence-electron chi connectivity index (χ1n) is 6.64. The fourth-order valence-electron chi connectivity index (χ4n) is 1.89. The summed E-state index contributed by atoms with van der Waals surface area (Å²) in [5, 5.41) is 10.4. The van der Waals surface area contributed by atoms with Crippen molar-refractivity contribution in [3.63, 3.8) is 0 Å². The zero-order valence-electron chi connectivity index (χ0n) is 11.5. The van der Waals surface area contributed by atoms with Gasteiger partial charge in [0.05, 0.1) is 8.66 Å². The summed E-state index contributed by atoms with van der Waals surface area (Å²) in [5.74, 6) is 0.250. The number of anilines is 1. The van der Waals surface area contributed by atoms with Crippen LogP contribution in [-0.4, -0.2) is 16.1 Å². The Balaban J connectivity index is 1.57. The predicted octanol–water partition coefficient (Wildman–Crippen LogP) is 4.13. The second-order valence-electron chi connectivity index (χ2n) is 4.55. The zero-order chi connectivity index (χ0) is 15.4.